The Morgan fingerprint density at radius 1 is 1.32 bits per heavy atom. The summed E-state index contributed by atoms with van der Waals surface area (Å²) < 4.78 is 28.3. The number of nitrogens with zero attached hydrogens (tertiary/aromatic N) is 4. The molecule has 1 N–H and O–H groups in total. The molecule has 1 saturated heterocycles. The van der Waals surface area contributed by atoms with Gasteiger partial charge in [-0.15, -0.1) is 5.10 Å². The van der Waals surface area contributed by atoms with Crippen LogP contribution in [0, 0.1) is 0 Å². The highest BCUT2D eigenvalue weighted by Gasteiger charge is 2.23. The lowest BCUT2D eigenvalue weighted by Gasteiger charge is -2.26. The molecule has 108 valence electrons. The van der Waals surface area contributed by atoms with Crippen molar-refractivity contribution in [2.75, 3.05) is 26.2 Å². The fourth-order valence-electron chi connectivity index (χ4n) is 2.20. The van der Waals surface area contributed by atoms with Gasteiger partial charge in [-0.1, -0.05) is 11.6 Å². The summed E-state index contributed by atoms with van der Waals surface area (Å²) in [5.41, 5.74) is 0. The average Bonchev–Trinajstić information content (AvgIpc) is 2.70. The van der Waals surface area contributed by atoms with Crippen LogP contribution < -0.4 is 4.72 Å². The molecule has 0 aliphatic carbocycles. The number of rotatable bonds is 5. The quantitative estimate of drug-likeness (QED) is 0.827. The maximum atomic E-state index is 12.1. The summed E-state index contributed by atoms with van der Waals surface area (Å²) in [5, 5.41) is 7.41. The van der Waals surface area contributed by atoms with Crippen molar-refractivity contribution in [3.63, 3.8) is 0 Å². The predicted molar refractivity (Wildman–Crippen MR) is 74.2 cm³/mol. The van der Waals surface area contributed by atoms with Crippen molar-refractivity contribution in [1.29, 1.82) is 0 Å². The molecule has 7 nitrogen and oxygen atoms in total. The van der Waals surface area contributed by atoms with Gasteiger partial charge in [0.2, 0.25) is 5.03 Å². The third kappa shape index (κ3) is 3.74. The summed E-state index contributed by atoms with van der Waals surface area (Å²) in [4.78, 5) is 2.28. The molecule has 1 aromatic heterocycles. The Hall–Kier alpha value is -0.510. The van der Waals surface area contributed by atoms with Gasteiger partial charge in [-0.05, 0) is 41.9 Å². The minimum atomic E-state index is -3.56. The molecule has 0 aromatic carbocycles. The molecule has 0 atom stereocenters. The summed E-state index contributed by atoms with van der Waals surface area (Å²) in [6, 6.07) is 0. The van der Waals surface area contributed by atoms with Crippen molar-refractivity contribution in [2.45, 2.75) is 24.3 Å². The molecule has 2 rings (SSSR count). The number of halogens is 1. The third-order valence-corrected chi connectivity index (χ3v) is 5.51. The number of sulfonamides is 1. The van der Waals surface area contributed by atoms with Crippen molar-refractivity contribution >= 4 is 26.0 Å². The van der Waals surface area contributed by atoms with Gasteiger partial charge >= 0.3 is 0 Å². The fourth-order valence-corrected chi connectivity index (χ4v) is 4.31. The van der Waals surface area contributed by atoms with Gasteiger partial charge in [0.15, 0.2) is 4.60 Å². The molecule has 9 heteroatoms. The van der Waals surface area contributed by atoms with Crippen LogP contribution in [0.5, 0.6) is 0 Å². The molecule has 1 aliphatic heterocycles. The van der Waals surface area contributed by atoms with Crippen molar-refractivity contribution < 1.29 is 8.42 Å². The van der Waals surface area contributed by atoms with E-state index in [1.54, 1.807) is 7.05 Å². The molecule has 19 heavy (non-hydrogen) atoms. The molecule has 0 spiro atoms. The van der Waals surface area contributed by atoms with E-state index in [1.165, 1.54) is 23.9 Å². The van der Waals surface area contributed by atoms with E-state index in [0.717, 1.165) is 19.6 Å². The van der Waals surface area contributed by atoms with Crippen LogP contribution in [0.25, 0.3) is 0 Å². The Kier molecular flexibility index (Phi) is 4.93. The van der Waals surface area contributed by atoms with Crippen LogP contribution in [-0.2, 0) is 17.1 Å². The number of aryl methyl sites for hydroxylation is 1. The highest BCUT2D eigenvalue weighted by atomic mass is 79.9. The van der Waals surface area contributed by atoms with Gasteiger partial charge in [0, 0.05) is 20.1 Å². The smallest absolute Gasteiger partial charge is 0.260 e. The minimum Gasteiger partial charge on any atom is -0.302 e. The molecular weight excluding hydrogens is 334 g/mol. The second-order valence-electron chi connectivity index (χ2n) is 4.61. The van der Waals surface area contributed by atoms with E-state index in [0.29, 0.717) is 6.54 Å². The highest BCUT2D eigenvalue weighted by molar-refractivity contribution is 9.10. The largest absolute Gasteiger partial charge is 0.302 e. The number of aromatic nitrogens is 3. The zero-order valence-corrected chi connectivity index (χ0v) is 13.2. The lowest BCUT2D eigenvalue weighted by atomic mass is 10.1. The molecule has 0 radical (unpaired) electrons. The number of hydrogen-bond donors (Lipinski definition) is 1. The van der Waals surface area contributed by atoms with Crippen LogP contribution in [0.2, 0.25) is 0 Å². The van der Waals surface area contributed by atoms with Gasteiger partial charge in [0.1, 0.15) is 0 Å². The Balaban J connectivity index is 1.91. The van der Waals surface area contributed by atoms with E-state index in [4.69, 9.17) is 0 Å². The molecule has 1 aliphatic rings. The number of likely N-dealkylation sites (tertiary alicyclic amines) is 1. The van der Waals surface area contributed by atoms with Gasteiger partial charge in [0.05, 0.1) is 0 Å². The maximum Gasteiger partial charge on any atom is 0.260 e. The molecule has 0 bridgehead atoms. The third-order valence-electron chi connectivity index (χ3n) is 3.16. The second-order valence-corrected chi connectivity index (χ2v) is 7.04. The Morgan fingerprint density at radius 2 is 2.00 bits per heavy atom. The molecular formula is C10H18BrN5O2S. The van der Waals surface area contributed by atoms with Crippen LogP contribution in [0.1, 0.15) is 19.3 Å². The van der Waals surface area contributed by atoms with E-state index < -0.39 is 10.0 Å². The van der Waals surface area contributed by atoms with Gasteiger partial charge in [-0.2, -0.15) is 0 Å². The molecule has 2 heterocycles. The van der Waals surface area contributed by atoms with E-state index in [9.17, 15) is 8.42 Å². The maximum absolute atomic E-state index is 12.1. The first kappa shape index (κ1) is 14.9. The number of nitrogens with one attached hydrogen (secondary N) is 1. The summed E-state index contributed by atoms with van der Waals surface area (Å²) >= 11 is 3.10. The van der Waals surface area contributed by atoms with E-state index >= 15 is 0 Å². The molecule has 1 aromatic rings. The number of hydrogen-bond acceptors (Lipinski definition) is 5. The van der Waals surface area contributed by atoms with Crippen LogP contribution in [0.15, 0.2) is 9.63 Å². The van der Waals surface area contributed by atoms with E-state index in [2.05, 4.69) is 35.9 Å². The standard InChI is InChI=1S/C10H18BrN5O2S/c1-15-10(9(11)13-14-15)19(17,18)12-5-8-16-6-3-2-4-7-16/h12H,2-8H2,1H3. The Bertz CT molecular complexity index is 505. The SMILES string of the molecule is Cn1nnc(Br)c1S(=O)(=O)NCCN1CCCCC1. The van der Waals surface area contributed by atoms with Crippen LogP contribution in [0.4, 0.5) is 0 Å². The first-order valence-corrected chi connectivity index (χ1v) is 8.55. The van der Waals surface area contributed by atoms with Crippen LogP contribution >= 0.6 is 15.9 Å². The van der Waals surface area contributed by atoms with Crippen LogP contribution in [-0.4, -0.2) is 54.5 Å². The normalized spacial score (nSPS) is 17.8. The van der Waals surface area contributed by atoms with Crippen molar-refractivity contribution in [3.05, 3.63) is 4.60 Å². The predicted octanol–water partition coefficient (Wildman–Crippen LogP) is 0.342. The summed E-state index contributed by atoms with van der Waals surface area (Å²) in [6.45, 7) is 3.25. The van der Waals surface area contributed by atoms with Gasteiger partial charge in [-0.3, -0.25) is 0 Å². The van der Waals surface area contributed by atoms with Crippen molar-refractivity contribution in [2.24, 2.45) is 7.05 Å². The first-order chi connectivity index (χ1) is 9.00. The molecule has 1 fully saturated rings. The number of piperidine rings is 1. The van der Waals surface area contributed by atoms with Crippen molar-refractivity contribution in [3.8, 4) is 0 Å². The zero-order valence-electron chi connectivity index (χ0n) is 10.8. The second kappa shape index (κ2) is 6.29. The summed E-state index contributed by atoms with van der Waals surface area (Å²) in [7, 11) is -2.01. The molecule has 0 amide bonds. The Labute approximate surface area is 121 Å². The topological polar surface area (TPSA) is 80.1 Å². The lowest BCUT2D eigenvalue weighted by Crippen LogP contribution is -2.38. The monoisotopic (exact) mass is 351 g/mol. The van der Waals surface area contributed by atoms with Crippen LogP contribution in [0.3, 0.4) is 0 Å². The van der Waals surface area contributed by atoms with E-state index in [-0.39, 0.29) is 9.63 Å². The average molecular weight is 352 g/mol. The molecule has 0 unspecified atom stereocenters. The summed E-state index contributed by atoms with van der Waals surface area (Å²) in [6.07, 6.45) is 3.67. The highest BCUT2D eigenvalue weighted by Crippen LogP contribution is 2.17. The van der Waals surface area contributed by atoms with Gasteiger partial charge in [-0.25, -0.2) is 17.8 Å². The lowest BCUT2D eigenvalue weighted by molar-refractivity contribution is 0.232. The fraction of sp³-hybridized carbons (Fsp3) is 0.800. The summed E-state index contributed by atoms with van der Waals surface area (Å²) in [5.74, 6) is 0. The molecule has 0 saturated carbocycles. The Morgan fingerprint density at radius 3 is 2.58 bits per heavy atom. The van der Waals surface area contributed by atoms with Gasteiger partial charge in [0.25, 0.3) is 10.0 Å². The van der Waals surface area contributed by atoms with Gasteiger partial charge < -0.3 is 4.90 Å². The minimum absolute atomic E-state index is 0.0612. The van der Waals surface area contributed by atoms with Crippen molar-refractivity contribution in [1.82, 2.24) is 24.6 Å². The zero-order chi connectivity index (χ0) is 13.9. The van der Waals surface area contributed by atoms with E-state index in [1.807, 2.05) is 0 Å². The first-order valence-electron chi connectivity index (χ1n) is 6.28.